The van der Waals surface area contributed by atoms with Crippen LogP contribution in [0.1, 0.15) is 91.0 Å². The summed E-state index contributed by atoms with van der Waals surface area (Å²) in [7, 11) is 0. The first-order chi connectivity index (χ1) is 16.0. The monoisotopic (exact) mass is 491 g/mol. The van der Waals surface area contributed by atoms with Crippen molar-refractivity contribution in [3.63, 3.8) is 0 Å². The fraction of sp³-hybridized carbons (Fsp3) is 0.667. The predicted molar refractivity (Wildman–Crippen MR) is 138 cm³/mol. The normalized spacial score (nSPS) is 14.5. The minimum atomic E-state index is -1.28. The van der Waals surface area contributed by atoms with Gasteiger partial charge in [-0.15, -0.1) is 0 Å². The Hall–Kier alpha value is -2.61. The van der Waals surface area contributed by atoms with Crippen LogP contribution in [-0.4, -0.2) is 57.7 Å². The summed E-state index contributed by atoms with van der Waals surface area (Å²) in [6.07, 6.45) is 0.890. The van der Waals surface area contributed by atoms with Crippen molar-refractivity contribution in [2.75, 3.05) is 6.61 Å². The highest BCUT2D eigenvalue weighted by atomic mass is 16.6. The molecule has 8 heteroatoms. The minimum Gasteiger partial charge on any atom is -0.444 e. The molecule has 0 aliphatic rings. The van der Waals surface area contributed by atoms with Gasteiger partial charge in [0.25, 0.3) is 0 Å². The number of aliphatic hydroxyl groups is 1. The molecule has 0 aliphatic heterocycles. The maximum Gasteiger partial charge on any atom is 0.408 e. The van der Waals surface area contributed by atoms with Gasteiger partial charge in [0.2, 0.25) is 11.8 Å². The summed E-state index contributed by atoms with van der Waals surface area (Å²) in [6.45, 7) is 17.8. The van der Waals surface area contributed by atoms with E-state index >= 15 is 0 Å². The highest BCUT2D eigenvalue weighted by molar-refractivity contribution is 5.93. The summed E-state index contributed by atoms with van der Waals surface area (Å²) in [4.78, 5) is 41.4. The van der Waals surface area contributed by atoms with Crippen molar-refractivity contribution >= 4 is 17.9 Å². The molecule has 1 aromatic rings. The summed E-state index contributed by atoms with van der Waals surface area (Å²) >= 11 is 0. The molecule has 198 valence electrons. The van der Waals surface area contributed by atoms with Gasteiger partial charge in [-0.1, -0.05) is 37.1 Å². The SMILES string of the molecule is CCCC(C)NC(=O)C(c1ccc(C)cc1C)N(C(=O)C(CO)NC(=O)OC(C)(C)C)C(C)(C)C. The van der Waals surface area contributed by atoms with Gasteiger partial charge in [-0.05, 0) is 79.9 Å². The molecule has 0 aromatic heterocycles. The van der Waals surface area contributed by atoms with E-state index in [0.717, 1.165) is 24.0 Å². The molecule has 3 unspecified atom stereocenters. The molecule has 0 heterocycles. The van der Waals surface area contributed by atoms with Crippen molar-refractivity contribution in [3.8, 4) is 0 Å². The Bertz CT molecular complexity index is 886. The second kappa shape index (κ2) is 12.4. The molecule has 0 spiro atoms. The highest BCUT2D eigenvalue weighted by Gasteiger charge is 2.42. The maximum absolute atomic E-state index is 13.8. The topological polar surface area (TPSA) is 108 Å². The number of amides is 3. The number of carbonyl (C=O) groups excluding carboxylic acids is 3. The third-order valence-corrected chi connectivity index (χ3v) is 5.47. The Morgan fingerprint density at radius 2 is 1.66 bits per heavy atom. The van der Waals surface area contributed by atoms with Crippen molar-refractivity contribution in [1.82, 2.24) is 15.5 Å². The van der Waals surface area contributed by atoms with Crippen LogP contribution in [0.15, 0.2) is 18.2 Å². The standard InChI is InChI=1S/C27H45N3O5/c1-11-12-19(4)28-23(32)22(20-14-13-17(2)15-18(20)3)30(26(5,6)7)24(33)21(16-31)29-25(34)35-27(8,9)10/h13-15,19,21-22,31H,11-12,16H2,1-10H3,(H,28,32)(H,29,34). The number of nitrogens with zero attached hydrogens (tertiary/aromatic N) is 1. The van der Waals surface area contributed by atoms with Gasteiger partial charge < -0.3 is 25.4 Å². The Balaban J connectivity index is 3.54. The molecule has 0 saturated heterocycles. The molecule has 0 fully saturated rings. The molecule has 0 radical (unpaired) electrons. The second-order valence-corrected chi connectivity index (χ2v) is 11.2. The van der Waals surface area contributed by atoms with Crippen LogP contribution in [0.2, 0.25) is 0 Å². The van der Waals surface area contributed by atoms with Gasteiger partial charge in [0, 0.05) is 11.6 Å². The van der Waals surface area contributed by atoms with Gasteiger partial charge in [-0.25, -0.2) is 4.79 Å². The van der Waals surface area contributed by atoms with Crippen molar-refractivity contribution < 1.29 is 24.2 Å². The van der Waals surface area contributed by atoms with Gasteiger partial charge in [-0.3, -0.25) is 9.59 Å². The Morgan fingerprint density at radius 1 is 1.06 bits per heavy atom. The number of ether oxygens (including phenoxy) is 1. The van der Waals surface area contributed by atoms with Gasteiger partial charge in [0.05, 0.1) is 6.61 Å². The van der Waals surface area contributed by atoms with Crippen molar-refractivity contribution in [3.05, 3.63) is 34.9 Å². The lowest BCUT2D eigenvalue weighted by Crippen LogP contribution is -2.60. The first-order valence-electron chi connectivity index (χ1n) is 12.3. The number of aryl methyl sites for hydroxylation is 2. The van der Waals surface area contributed by atoms with Crippen LogP contribution in [0.5, 0.6) is 0 Å². The summed E-state index contributed by atoms with van der Waals surface area (Å²) in [5.74, 6) is -0.885. The molecule has 3 N–H and O–H groups in total. The van der Waals surface area contributed by atoms with Crippen LogP contribution < -0.4 is 10.6 Å². The quantitative estimate of drug-likeness (QED) is 0.481. The smallest absolute Gasteiger partial charge is 0.408 e. The van der Waals surface area contributed by atoms with Crippen LogP contribution in [0.25, 0.3) is 0 Å². The third kappa shape index (κ3) is 9.17. The molecule has 1 rings (SSSR count). The van der Waals surface area contributed by atoms with Gasteiger partial charge in [-0.2, -0.15) is 0 Å². The predicted octanol–water partition coefficient (Wildman–Crippen LogP) is 4.16. The molecule has 3 atom stereocenters. The molecular weight excluding hydrogens is 446 g/mol. The number of aliphatic hydroxyl groups excluding tert-OH is 1. The zero-order chi connectivity index (χ0) is 27.1. The Kier molecular flexibility index (Phi) is 10.8. The lowest BCUT2D eigenvalue weighted by Gasteiger charge is -2.43. The van der Waals surface area contributed by atoms with Gasteiger partial charge in [0.15, 0.2) is 0 Å². The highest BCUT2D eigenvalue weighted by Crippen LogP contribution is 2.32. The minimum absolute atomic E-state index is 0.0776. The van der Waals surface area contributed by atoms with E-state index in [2.05, 4.69) is 10.6 Å². The van der Waals surface area contributed by atoms with E-state index < -0.39 is 41.8 Å². The number of rotatable bonds is 9. The van der Waals surface area contributed by atoms with Crippen LogP contribution in [0.3, 0.4) is 0 Å². The van der Waals surface area contributed by atoms with Crippen molar-refractivity contribution in [2.45, 2.75) is 111 Å². The van der Waals surface area contributed by atoms with Crippen LogP contribution in [0.4, 0.5) is 4.79 Å². The number of benzene rings is 1. The van der Waals surface area contributed by atoms with Crippen molar-refractivity contribution in [2.24, 2.45) is 0 Å². The second-order valence-electron chi connectivity index (χ2n) is 11.2. The number of hydrogen-bond donors (Lipinski definition) is 3. The number of carbonyl (C=O) groups is 3. The molecule has 0 saturated carbocycles. The zero-order valence-corrected chi connectivity index (χ0v) is 23.1. The first-order valence-corrected chi connectivity index (χ1v) is 12.3. The largest absolute Gasteiger partial charge is 0.444 e. The van der Waals surface area contributed by atoms with Crippen LogP contribution in [0, 0.1) is 13.8 Å². The fourth-order valence-corrected chi connectivity index (χ4v) is 4.01. The van der Waals surface area contributed by atoms with Gasteiger partial charge in [0.1, 0.15) is 17.7 Å². The Morgan fingerprint density at radius 3 is 2.11 bits per heavy atom. The van der Waals surface area contributed by atoms with E-state index in [4.69, 9.17) is 4.74 Å². The Labute approximate surface area is 210 Å². The average Bonchev–Trinajstić information content (AvgIpc) is 2.68. The summed E-state index contributed by atoms with van der Waals surface area (Å²) in [6, 6.07) is 3.42. The van der Waals surface area contributed by atoms with E-state index in [0.29, 0.717) is 5.56 Å². The zero-order valence-electron chi connectivity index (χ0n) is 23.1. The maximum atomic E-state index is 13.8. The van der Waals surface area contributed by atoms with Crippen LogP contribution >= 0.6 is 0 Å². The van der Waals surface area contributed by atoms with E-state index in [9.17, 15) is 19.5 Å². The number of alkyl carbamates (subject to hydrolysis) is 1. The third-order valence-electron chi connectivity index (χ3n) is 5.47. The first kappa shape index (κ1) is 30.4. The average molecular weight is 492 g/mol. The molecule has 0 aliphatic carbocycles. The molecule has 1 aromatic carbocycles. The fourth-order valence-electron chi connectivity index (χ4n) is 4.01. The number of hydrogen-bond acceptors (Lipinski definition) is 5. The summed E-state index contributed by atoms with van der Waals surface area (Å²) < 4.78 is 5.28. The lowest BCUT2D eigenvalue weighted by atomic mass is 9.92. The van der Waals surface area contributed by atoms with Crippen LogP contribution in [-0.2, 0) is 14.3 Å². The molecular formula is C27H45N3O5. The molecule has 3 amide bonds. The molecule has 8 nitrogen and oxygen atoms in total. The lowest BCUT2D eigenvalue weighted by molar-refractivity contribution is -0.149. The van der Waals surface area contributed by atoms with E-state index in [-0.39, 0.29) is 11.9 Å². The summed E-state index contributed by atoms with van der Waals surface area (Å²) in [5, 5.41) is 15.6. The molecule has 0 bridgehead atoms. The summed E-state index contributed by atoms with van der Waals surface area (Å²) in [5.41, 5.74) is 1.02. The number of nitrogens with one attached hydrogen (secondary N) is 2. The van der Waals surface area contributed by atoms with Crippen molar-refractivity contribution in [1.29, 1.82) is 0 Å². The van der Waals surface area contributed by atoms with E-state index in [1.54, 1.807) is 20.8 Å². The van der Waals surface area contributed by atoms with E-state index in [1.807, 2.05) is 66.7 Å². The van der Waals surface area contributed by atoms with E-state index in [1.165, 1.54) is 4.90 Å². The van der Waals surface area contributed by atoms with Gasteiger partial charge >= 0.3 is 6.09 Å². The molecule has 35 heavy (non-hydrogen) atoms.